The summed E-state index contributed by atoms with van der Waals surface area (Å²) in [5, 5.41) is 0. The molecule has 0 aromatic heterocycles. The van der Waals surface area contributed by atoms with Crippen molar-refractivity contribution in [2.45, 2.75) is 4.90 Å². The molecule has 1 aliphatic rings. The van der Waals surface area contributed by atoms with Crippen molar-refractivity contribution in [2.24, 2.45) is 0 Å². The molecule has 0 saturated carbocycles. The topological polar surface area (TPSA) is 54.5 Å². The highest BCUT2D eigenvalue weighted by Gasteiger charge is 2.26. The van der Waals surface area contributed by atoms with Gasteiger partial charge in [0.1, 0.15) is 0 Å². The number of nitrogens with zero attached hydrogens (tertiary/aromatic N) is 1. The summed E-state index contributed by atoms with van der Waals surface area (Å²) in [6.45, 7) is 0.534. The zero-order valence-electron chi connectivity index (χ0n) is 9.17. The molecule has 92 valence electrons. The molecule has 0 atom stereocenters. The van der Waals surface area contributed by atoms with Gasteiger partial charge < -0.3 is 4.90 Å². The van der Waals surface area contributed by atoms with Crippen LogP contribution >= 0.6 is 12.6 Å². The molecule has 0 aliphatic carbocycles. The van der Waals surface area contributed by atoms with E-state index in [2.05, 4.69) is 12.6 Å². The van der Waals surface area contributed by atoms with Crippen molar-refractivity contribution in [1.29, 1.82) is 0 Å². The molecular weight excluding hydrogens is 258 g/mol. The van der Waals surface area contributed by atoms with Crippen molar-refractivity contribution in [2.75, 3.05) is 24.6 Å². The average molecular weight is 271 g/mol. The third-order valence-corrected chi connectivity index (χ3v) is 4.77. The van der Waals surface area contributed by atoms with Gasteiger partial charge >= 0.3 is 0 Å². The quantitative estimate of drug-likeness (QED) is 0.770. The molecule has 17 heavy (non-hydrogen) atoms. The number of carbonyl (C=O) groups excluding carboxylic acids is 1. The number of thiol groups is 1. The minimum atomic E-state index is -2.95. The van der Waals surface area contributed by atoms with Crippen LogP contribution in [0.25, 0.3) is 0 Å². The molecule has 0 N–H and O–H groups in total. The van der Waals surface area contributed by atoms with Gasteiger partial charge in [0.2, 0.25) is 0 Å². The first-order valence-corrected chi connectivity index (χ1v) is 7.54. The summed E-state index contributed by atoms with van der Waals surface area (Å²) in [5.41, 5.74) is 0.523. The first kappa shape index (κ1) is 12.4. The van der Waals surface area contributed by atoms with E-state index in [1.807, 2.05) is 0 Å². The second kappa shape index (κ2) is 4.70. The number of amides is 1. The smallest absolute Gasteiger partial charge is 0.255 e. The molecule has 1 aromatic carbocycles. The van der Waals surface area contributed by atoms with Gasteiger partial charge in [0.15, 0.2) is 9.84 Å². The molecule has 4 nitrogen and oxygen atoms in total. The summed E-state index contributed by atoms with van der Waals surface area (Å²) < 4.78 is 22.5. The Bertz CT molecular complexity index is 525. The Morgan fingerprint density at radius 3 is 2.35 bits per heavy atom. The van der Waals surface area contributed by atoms with Crippen LogP contribution in [0.3, 0.4) is 0 Å². The number of sulfone groups is 1. The van der Waals surface area contributed by atoms with E-state index in [1.54, 1.807) is 29.2 Å². The van der Waals surface area contributed by atoms with Gasteiger partial charge in [-0.3, -0.25) is 4.79 Å². The first-order chi connectivity index (χ1) is 7.99. The molecule has 0 radical (unpaired) electrons. The SMILES string of the molecule is O=C(c1ccccc1S)N1CCS(=O)(=O)CC1. The van der Waals surface area contributed by atoms with Gasteiger partial charge in [-0.2, -0.15) is 0 Å². The third-order valence-electron chi connectivity index (χ3n) is 2.77. The predicted octanol–water partition coefficient (Wildman–Crippen LogP) is 0.846. The Labute approximate surface area is 106 Å². The molecule has 1 heterocycles. The summed E-state index contributed by atoms with van der Waals surface area (Å²) >= 11 is 4.23. The van der Waals surface area contributed by atoms with Crippen LogP contribution in [0.5, 0.6) is 0 Å². The Hall–Kier alpha value is -1.01. The number of hydrogen-bond donors (Lipinski definition) is 1. The maximum absolute atomic E-state index is 12.1. The van der Waals surface area contributed by atoms with E-state index in [4.69, 9.17) is 0 Å². The van der Waals surface area contributed by atoms with Gasteiger partial charge in [-0.25, -0.2) is 8.42 Å². The normalized spacial score (nSPS) is 19.0. The fourth-order valence-electron chi connectivity index (χ4n) is 1.74. The van der Waals surface area contributed by atoms with E-state index in [-0.39, 0.29) is 30.5 Å². The molecule has 1 fully saturated rings. The van der Waals surface area contributed by atoms with Gasteiger partial charge in [0, 0.05) is 18.0 Å². The molecule has 6 heteroatoms. The van der Waals surface area contributed by atoms with Crippen molar-refractivity contribution in [1.82, 2.24) is 4.90 Å². The summed E-state index contributed by atoms with van der Waals surface area (Å²) in [6.07, 6.45) is 0. The van der Waals surface area contributed by atoms with Crippen molar-refractivity contribution in [3.05, 3.63) is 29.8 Å². The van der Waals surface area contributed by atoms with Crippen LogP contribution < -0.4 is 0 Å². The lowest BCUT2D eigenvalue weighted by Crippen LogP contribution is -2.43. The maximum Gasteiger partial charge on any atom is 0.255 e. The molecule has 1 amide bonds. The highest BCUT2D eigenvalue weighted by molar-refractivity contribution is 7.91. The van der Waals surface area contributed by atoms with E-state index < -0.39 is 9.84 Å². The molecular formula is C11H13NO3S2. The fraction of sp³-hybridized carbons (Fsp3) is 0.364. The van der Waals surface area contributed by atoms with Crippen molar-refractivity contribution in [3.63, 3.8) is 0 Å². The molecule has 0 unspecified atom stereocenters. The number of carbonyl (C=O) groups is 1. The average Bonchev–Trinajstić information content (AvgIpc) is 2.29. The van der Waals surface area contributed by atoms with E-state index in [0.29, 0.717) is 10.5 Å². The number of hydrogen-bond acceptors (Lipinski definition) is 4. The molecule has 1 aliphatic heterocycles. The van der Waals surface area contributed by atoms with Gasteiger partial charge in [-0.1, -0.05) is 12.1 Å². The number of benzene rings is 1. The zero-order chi connectivity index (χ0) is 12.5. The minimum absolute atomic E-state index is 0.0491. The first-order valence-electron chi connectivity index (χ1n) is 5.27. The summed E-state index contributed by atoms with van der Waals surface area (Å²) in [4.78, 5) is 14.3. The van der Waals surface area contributed by atoms with Gasteiger partial charge in [-0.05, 0) is 12.1 Å². The second-order valence-corrected chi connectivity index (χ2v) is 6.75. The van der Waals surface area contributed by atoms with Crippen molar-refractivity contribution in [3.8, 4) is 0 Å². The van der Waals surface area contributed by atoms with Crippen molar-refractivity contribution < 1.29 is 13.2 Å². The summed E-state index contributed by atoms with van der Waals surface area (Å²) in [7, 11) is -2.95. The van der Waals surface area contributed by atoms with Crippen LogP contribution in [-0.2, 0) is 9.84 Å². The van der Waals surface area contributed by atoms with Crippen LogP contribution in [0.2, 0.25) is 0 Å². The molecule has 2 rings (SSSR count). The van der Waals surface area contributed by atoms with E-state index in [1.165, 1.54) is 0 Å². The van der Waals surface area contributed by atoms with Gasteiger partial charge in [0.05, 0.1) is 17.1 Å². The minimum Gasteiger partial charge on any atom is -0.337 e. The van der Waals surface area contributed by atoms with Crippen LogP contribution in [-0.4, -0.2) is 43.8 Å². The standard InChI is InChI=1S/C11H13NO3S2/c13-11(9-3-1-2-4-10(9)16)12-5-7-17(14,15)8-6-12/h1-4,16H,5-8H2. The largest absolute Gasteiger partial charge is 0.337 e. The molecule has 1 saturated heterocycles. The Morgan fingerprint density at radius 2 is 1.76 bits per heavy atom. The summed E-state index contributed by atoms with van der Waals surface area (Å²) in [6, 6.07) is 7.03. The van der Waals surface area contributed by atoms with Crippen LogP contribution in [0.15, 0.2) is 29.2 Å². The predicted molar refractivity (Wildman–Crippen MR) is 68.3 cm³/mol. The van der Waals surface area contributed by atoms with Crippen molar-refractivity contribution >= 4 is 28.4 Å². The maximum atomic E-state index is 12.1. The monoisotopic (exact) mass is 271 g/mol. The van der Waals surface area contributed by atoms with Gasteiger partial charge in [0.25, 0.3) is 5.91 Å². The zero-order valence-corrected chi connectivity index (χ0v) is 10.9. The van der Waals surface area contributed by atoms with Gasteiger partial charge in [-0.15, -0.1) is 12.6 Å². The molecule has 1 aromatic rings. The summed E-state index contributed by atoms with van der Waals surface area (Å²) in [5.74, 6) is -0.0495. The lowest BCUT2D eigenvalue weighted by Gasteiger charge is -2.27. The van der Waals surface area contributed by atoms with E-state index in [0.717, 1.165) is 0 Å². The molecule has 0 bridgehead atoms. The lowest BCUT2D eigenvalue weighted by atomic mass is 10.2. The van der Waals surface area contributed by atoms with E-state index in [9.17, 15) is 13.2 Å². The lowest BCUT2D eigenvalue weighted by molar-refractivity contribution is 0.0767. The van der Waals surface area contributed by atoms with E-state index >= 15 is 0 Å². The van der Waals surface area contributed by atoms with Crippen LogP contribution in [0.1, 0.15) is 10.4 Å². The Balaban J connectivity index is 2.15. The Morgan fingerprint density at radius 1 is 1.18 bits per heavy atom. The Kier molecular flexibility index (Phi) is 3.44. The highest BCUT2D eigenvalue weighted by Crippen LogP contribution is 2.16. The second-order valence-electron chi connectivity index (χ2n) is 3.96. The van der Waals surface area contributed by atoms with Crippen LogP contribution in [0, 0.1) is 0 Å². The highest BCUT2D eigenvalue weighted by atomic mass is 32.2. The third kappa shape index (κ3) is 2.81. The van der Waals surface area contributed by atoms with Crippen LogP contribution in [0.4, 0.5) is 0 Å². The molecule has 0 spiro atoms. The number of rotatable bonds is 1. The fourth-order valence-corrected chi connectivity index (χ4v) is 3.20.